The van der Waals surface area contributed by atoms with E-state index in [1.54, 1.807) is 34.9 Å². The zero-order chi connectivity index (χ0) is 14.3. The van der Waals surface area contributed by atoms with E-state index in [0.717, 1.165) is 11.0 Å². The molecule has 0 saturated carbocycles. The minimum atomic E-state index is 0.487. The lowest BCUT2D eigenvalue weighted by molar-refractivity contribution is 1.06. The number of hydrogen-bond donors (Lipinski definition) is 1. The molecule has 3 nitrogen and oxygen atoms in total. The van der Waals surface area contributed by atoms with Gasteiger partial charge in [-0.1, -0.05) is 23.2 Å². The minimum Gasteiger partial charge on any atom is -0.330 e. The molecule has 2 aromatic carbocycles. The Labute approximate surface area is 130 Å². The Kier molecular flexibility index (Phi) is 3.27. The minimum absolute atomic E-state index is 0.487. The first-order valence-electron chi connectivity index (χ1n) is 5.70. The lowest BCUT2D eigenvalue weighted by Gasteiger charge is -2.07. The van der Waals surface area contributed by atoms with Crippen LogP contribution in [0.25, 0.3) is 16.7 Å². The number of hydrogen-bond acceptors (Lipinski definition) is 2. The number of nitrogens with zero attached hydrogens (tertiary/aromatic N) is 2. The molecule has 0 aliphatic heterocycles. The van der Waals surface area contributed by atoms with Gasteiger partial charge in [0.25, 0.3) is 0 Å². The summed E-state index contributed by atoms with van der Waals surface area (Å²) in [4.78, 5) is 3.08. The molecule has 1 aromatic heterocycles. The van der Waals surface area contributed by atoms with Crippen LogP contribution in [0, 0.1) is 16.1 Å². The highest BCUT2D eigenvalue weighted by Crippen LogP contribution is 2.26. The maximum Gasteiger partial charge on any atom is 0.182 e. The number of H-pyrrole nitrogens is 1. The number of nitrogens with one attached hydrogen (secondary N) is 1. The highest BCUT2D eigenvalue weighted by molar-refractivity contribution is 7.71. The molecule has 0 aliphatic carbocycles. The fourth-order valence-electron chi connectivity index (χ4n) is 2.11. The summed E-state index contributed by atoms with van der Waals surface area (Å²) < 4.78 is 2.27. The molecule has 20 heavy (non-hydrogen) atoms. The third-order valence-corrected chi connectivity index (χ3v) is 3.72. The van der Waals surface area contributed by atoms with E-state index in [1.807, 2.05) is 6.07 Å². The van der Waals surface area contributed by atoms with Gasteiger partial charge < -0.3 is 4.98 Å². The van der Waals surface area contributed by atoms with E-state index in [9.17, 15) is 5.26 Å². The Hall–Kier alpha value is -1.80. The summed E-state index contributed by atoms with van der Waals surface area (Å²) in [6, 6.07) is 12.6. The van der Waals surface area contributed by atoms with Crippen LogP contribution in [0.4, 0.5) is 0 Å². The zero-order valence-electron chi connectivity index (χ0n) is 10.0. The van der Waals surface area contributed by atoms with Gasteiger partial charge in [0.15, 0.2) is 4.77 Å². The van der Waals surface area contributed by atoms with Crippen LogP contribution in [0.3, 0.4) is 0 Å². The molecular weight excluding hydrogens is 313 g/mol. The molecule has 3 rings (SSSR count). The summed E-state index contributed by atoms with van der Waals surface area (Å²) in [5.41, 5.74) is 2.81. The Morgan fingerprint density at radius 3 is 2.55 bits per heavy atom. The second-order valence-electron chi connectivity index (χ2n) is 4.20. The van der Waals surface area contributed by atoms with Crippen LogP contribution in [0.15, 0.2) is 36.4 Å². The third kappa shape index (κ3) is 2.10. The molecule has 0 bridgehead atoms. The second kappa shape index (κ2) is 4.95. The highest BCUT2D eigenvalue weighted by atomic mass is 35.5. The first-order valence-corrected chi connectivity index (χ1v) is 6.87. The molecule has 0 unspecified atom stereocenters. The zero-order valence-corrected chi connectivity index (χ0v) is 12.4. The Balaban J connectivity index is 2.41. The summed E-state index contributed by atoms with van der Waals surface area (Å²) in [6.07, 6.45) is 0. The summed E-state index contributed by atoms with van der Waals surface area (Å²) in [5, 5.41) is 10.4. The number of rotatable bonds is 1. The molecule has 0 atom stereocenters. The van der Waals surface area contributed by atoms with Gasteiger partial charge in [-0.3, -0.25) is 4.57 Å². The number of aromatic amines is 1. The largest absolute Gasteiger partial charge is 0.330 e. The number of benzene rings is 2. The first kappa shape index (κ1) is 13.2. The summed E-state index contributed by atoms with van der Waals surface area (Å²) in [6.45, 7) is 0. The van der Waals surface area contributed by atoms with E-state index in [2.05, 4.69) is 11.1 Å². The molecular formula is C14H7Cl2N3S. The summed E-state index contributed by atoms with van der Waals surface area (Å²) in [7, 11) is 0. The summed E-state index contributed by atoms with van der Waals surface area (Å²) in [5.74, 6) is 0. The van der Waals surface area contributed by atoms with Crippen LogP contribution >= 0.6 is 35.4 Å². The van der Waals surface area contributed by atoms with E-state index in [4.69, 9.17) is 35.4 Å². The van der Waals surface area contributed by atoms with Crippen molar-refractivity contribution in [2.45, 2.75) is 0 Å². The lowest BCUT2D eigenvalue weighted by atomic mass is 10.2. The highest BCUT2D eigenvalue weighted by Gasteiger charge is 2.11. The number of fused-ring (bicyclic) bond motifs is 1. The molecule has 1 N–H and O–H groups in total. The van der Waals surface area contributed by atoms with Crippen molar-refractivity contribution in [2.75, 3.05) is 0 Å². The van der Waals surface area contributed by atoms with Crippen molar-refractivity contribution >= 4 is 46.5 Å². The Morgan fingerprint density at radius 1 is 1.10 bits per heavy atom. The quantitative estimate of drug-likeness (QED) is 0.650. The van der Waals surface area contributed by atoms with Crippen molar-refractivity contribution in [1.82, 2.24) is 9.55 Å². The van der Waals surface area contributed by atoms with Crippen LogP contribution in [0.2, 0.25) is 10.0 Å². The SMILES string of the molecule is N#Cc1ccc(Cl)cc1-n1c(=S)[nH]c2cc(Cl)ccc21. The number of nitriles is 1. The molecule has 0 saturated heterocycles. The van der Waals surface area contributed by atoms with E-state index in [-0.39, 0.29) is 0 Å². The Bertz CT molecular complexity index is 918. The normalized spacial score (nSPS) is 10.7. The predicted octanol–water partition coefficient (Wildman–Crippen LogP) is 4.87. The van der Waals surface area contributed by atoms with Gasteiger partial charge in [-0.15, -0.1) is 0 Å². The monoisotopic (exact) mass is 319 g/mol. The molecule has 98 valence electrons. The average molecular weight is 320 g/mol. The number of aromatic nitrogens is 2. The second-order valence-corrected chi connectivity index (χ2v) is 5.46. The van der Waals surface area contributed by atoms with Crippen molar-refractivity contribution in [1.29, 1.82) is 5.26 Å². The standard InChI is InChI=1S/C14H7Cl2N3S/c15-9-3-4-12-11(5-9)18-14(20)19(12)13-6-10(16)2-1-8(13)7-17/h1-6H,(H,18,20). The van der Waals surface area contributed by atoms with Gasteiger partial charge in [0.1, 0.15) is 6.07 Å². The van der Waals surface area contributed by atoms with Crippen LogP contribution in [-0.2, 0) is 0 Å². The first-order chi connectivity index (χ1) is 9.60. The van der Waals surface area contributed by atoms with Gasteiger partial charge >= 0.3 is 0 Å². The van der Waals surface area contributed by atoms with E-state index in [1.165, 1.54) is 0 Å². The predicted molar refractivity (Wildman–Crippen MR) is 83.2 cm³/mol. The molecule has 0 radical (unpaired) electrons. The molecule has 0 aliphatic rings. The van der Waals surface area contributed by atoms with Crippen molar-refractivity contribution in [3.63, 3.8) is 0 Å². The molecule has 3 aromatic rings. The van der Waals surface area contributed by atoms with Gasteiger partial charge in [0.2, 0.25) is 0 Å². The van der Waals surface area contributed by atoms with Crippen molar-refractivity contribution in [3.05, 3.63) is 56.8 Å². The van der Waals surface area contributed by atoms with Crippen molar-refractivity contribution in [3.8, 4) is 11.8 Å². The van der Waals surface area contributed by atoms with Crippen LogP contribution < -0.4 is 0 Å². The van der Waals surface area contributed by atoms with E-state index >= 15 is 0 Å². The third-order valence-electron chi connectivity index (χ3n) is 2.97. The fraction of sp³-hybridized carbons (Fsp3) is 0. The van der Waals surface area contributed by atoms with Crippen molar-refractivity contribution in [2.24, 2.45) is 0 Å². The van der Waals surface area contributed by atoms with Crippen LogP contribution in [0.1, 0.15) is 5.56 Å². The van der Waals surface area contributed by atoms with Crippen molar-refractivity contribution < 1.29 is 0 Å². The summed E-state index contributed by atoms with van der Waals surface area (Å²) >= 11 is 17.3. The average Bonchev–Trinajstić information content (AvgIpc) is 2.73. The van der Waals surface area contributed by atoms with Gasteiger partial charge in [-0.25, -0.2) is 0 Å². The van der Waals surface area contributed by atoms with Crippen LogP contribution in [0.5, 0.6) is 0 Å². The molecule has 1 heterocycles. The van der Waals surface area contributed by atoms with E-state index in [0.29, 0.717) is 26.1 Å². The number of imidazole rings is 1. The molecule has 0 amide bonds. The Morgan fingerprint density at radius 2 is 1.80 bits per heavy atom. The van der Waals surface area contributed by atoms with Crippen LogP contribution in [-0.4, -0.2) is 9.55 Å². The topological polar surface area (TPSA) is 44.5 Å². The maximum atomic E-state index is 9.24. The molecule has 0 spiro atoms. The lowest BCUT2D eigenvalue weighted by Crippen LogP contribution is -1.97. The fourth-order valence-corrected chi connectivity index (χ4v) is 2.75. The number of halogens is 2. The van der Waals surface area contributed by atoms with Gasteiger partial charge in [0, 0.05) is 10.0 Å². The van der Waals surface area contributed by atoms with Gasteiger partial charge in [-0.2, -0.15) is 5.26 Å². The van der Waals surface area contributed by atoms with Gasteiger partial charge in [0.05, 0.1) is 22.3 Å². The van der Waals surface area contributed by atoms with E-state index < -0.39 is 0 Å². The smallest absolute Gasteiger partial charge is 0.182 e. The molecule has 0 fully saturated rings. The maximum absolute atomic E-state index is 9.24. The van der Waals surface area contributed by atoms with Gasteiger partial charge in [-0.05, 0) is 48.6 Å². The molecule has 6 heteroatoms.